The van der Waals surface area contributed by atoms with Gasteiger partial charge in [0.15, 0.2) is 5.96 Å². The molecule has 1 aliphatic heterocycles. The molecule has 1 aliphatic rings. The summed E-state index contributed by atoms with van der Waals surface area (Å²) >= 11 is 0. The van der Waals surface area contributed by atoms with Gasteiger partial charge in [-0.3, -0.25) is 14.8 Å². The number of likely N-dealkylation sites (tertiary alicyclic amines) is 1. The lowest BCUT2D eigenvalue weighted by Gasteiger charge is -2.31. The standard InChI is InChI=1S/C17H27N5O/c1-14-6-5-11-22(13-14)16(23)8-10-20-17(18-2)21-12-15-7-3-4-9-19-15/h3-4,7,9,14H,5-6,8,10-13H2,1-2H3,(H2,18,20,21). The van der Waals surface area contributed by atoms with Crippen LogP contribution in [0.5, 0.6) is 0 Å². The highest BCUT2D eigenvalue weighted by Gasteiger charge is 2.20. The van der Waals surface area contributed by atoms with Gasteiger partial charge in [-0.15, -0.1) is 0 Å². The number of aliphatic imine (C=N–C) groups is 1. The average Bonchev–Trinajstić information content (AvgIpc) is 2.58. The Morgan fingerprint density at radius 1 is 1.43 bits per heavy atom. The van der Waals surface area contributed by atoms with Crippen LogP contribution in [0.15, 0.2) is 29.4 Å². The third-order valence-corrected chi connectivity index (χ3v) is 4.03. The molecule has 1 amide bonds. The van der Waals surface area contributed by atoms with Crippen LogP contribution in [-0.4, -0.2) is 48.4 Å². The second kappa shape index (κ2) is 9.12. The van der Waals surface area contributed by atoms with Crippen molar-refractivity contribution >= 4 is 11.9 Å². The first-order chi connectivity index (χ1) is 11.2. The van der Waals surface area contributed by atoms with Crippen LogP contribution in [-0.2, 0) is 11.3 Å². The maximum absolute atomic E-state index is 12.2. The predicted molar refractivity (Wildman–Crippen MR) is 92.0 cm³/mol. The number of hydrogen-bond donors (Lipinski definition) is 2. The van der Waals surface area contributed by atoms with Crippen LogP contribution < -0.4 is 10.6 Å². The van der Waals surface area contributed by atoms with E-state index < -0.39 is 0 Å². The molecular weight excluding hydrogens is 290 g/mol. The summed E-state index contributed by atoms with van der Waals surface area (Å²) < 4.78 is 0. The number of carbonyl (C=O) groups excluding carboxylic acids is 1. The van der Waals surface area contributed by atoms with Crippen molar-refractivity contribution < 1.29 is 4.79 Å². The third-order valence-electron chi connectivity index (χ3n) is 4.03. The van der Waals surface area contributed by atoms with E-state index in [1.165, 1.54) is 6.42 Å². The molecule has 1 aromatic rings. The largest absolute Gasteiger partial charge is 0.356 e. The van der Waals surface area contributed by atoms with Crippen LogP contribution in [0.25, 0.3) is 0 Å². The monoisotopic (exact) mass is 317 g/mol. The number of piperidine rings is 1. The molecule has 0 aliphatic carbocycles. The zero-order valence-electron chi connectivity index (χ0n) is 14.1. The van der Waals surface area contributed by atoms with Crippen molar-refractivity contribution in [3.8, 4) is 0 Å². The number of nitrogens with one attached hydrogen (secondary N) is 2. The number of aromatic nitrogens is 1. The fourth-order valence-electron chi connectivity index (χ4n) is 2.76. The zero-order chi connectivity index (χ0) is 16.5. The molecule has 23 heavy (non-hydrogen) atoms. The zero-order valence-corrected chi connectivity index (χ0v) is 14.1. The molecule has 1 aromatic heterocycles. The Morgan fingerprint density at radius 2 is 2.30 bits per heavy atom. The summed E-state index contributed by atoms with van der Waals surface area (Å²) in [5.74, 6) is 1.54. The minimum atomic E-state index is 0.226. The molecule has 126 valence electrons. The number of nitrogens with zero attached hydrogens (tertiary/aromatic N) is 3. The van der Waals surface area contributed by atoms with Gasteiger partial charge in [0, 0.05) is 39.3 Å². The number of pyridine rings is 1. The lowest BCUT2D eigenvalue weighted by Crippen LogP contribution is -2.42. The molecule has 1 saturated heterocycles. The van der Waals surface area contributed by atoms with Gasteiger partial charge in [-0.1, -0.05) is 13.0 Å². The van der Waals surface area contributed by atoms with Gasteiger partial charge in [0.2, 0.25) is 5.91 Å². The fraction of sp³-hybridized carbons (Fsp3) is 0.588. The van der Waals surface area contributed by atoms with Crippen molar-refractivity contribution in [1.29, 1.82) is 0 Å². The summed E-state index contributed by atoms with van der Waals surface area (Å²) in [6, 6.07) is 5.81. The third kappa shape index (κ3) is 5.88. The van der Waals surface area contributed by atoms with E-state index in [0.29, 0.717) is 31.4 Å². The van der Waals surface area contributed by atoms with Crippen molar-refractivity contribution in [1.82, 2.24) is 20.5 Å². The van der Waals surface area contributed by atoms with Crippen molar-refractivity contribution in [2.45, 2.75) is 32.7 Å². The molecule has 1 atom stereocenters. The summed E-state index contributed by atoms with van der Waals surface area (Å²) in [7, 11) is 1.72. The molecule has 0 bridgehead atoms. The molecule has 6 nitrogen and oxygen atoms in total. The quantitative estimate of drug-likeness (QED) is 0.636. The fourth-order valence-corrected chi connectivity index (χ4v) is 2.76. The van der Waals surface area contributed by atoms with Gasteiger partial charge in [0.25, 0.3) is 0 Å². The van der Waals surface area contributed by atoms with E-state index in [1.54, 1.807) is 13.2 Å². The lowest BCUT2D eigenvalue weighted by molar-refractivity contribution is -0.132. The SMILES string of the molecule is CN=C(NCCC(=O)N1CCCC(C)C1)NCc1ccccn1. The Bertz CT molecular complexity index is 517. The van der Waals surface area contributed by atoms with E-state index in [-0.39, 0.29) is 5.91 Å². The van der Waals surface area contributed by atoms with Crippen molar-refractivity contribution in [2.75, 3.05) is 26.7 Å². The Morgan fingerprint density at radius 3 is 3.00 bits per heavy atom. The molecule has 0 spiro atoms. The van der Waals surface area contributed by atoms with Crippen LogP contribution in [0.1, 0.15) is 31.9 Å². The van der Waals surface area contributed by atoms with Gasteiger partial charge in [0.05, 0.1) is 12.2 Å². The number of guanidine groups is 1. The smallest absolute Gasteiger partial charge is 0.224 e. The molecule has 0 saturated carbocycles. The topological polar surface area (TPSA) is 69.6 Å². The van der Waals surface area contributed by atoms with Gasteiger partial charge in [-0.25, -0.2) is 0 Å². The predicted octanol–water partition coefficient (Wildman–Crippen LogP) is 1.40. The summed E-state index contributed by atoms with van der Waals surface area (Å²) in [5, 5.41) is 6.38. The number of rotatable bonds is 5. The summed E-state index contributed by atoms with van der Waals surface area (Å²) in [6.07, 6.45) is 4.61. The van der Waals surface area contributed by atoms with E-state index in [4.69, 9.17) is 0 Å². The molecule has 1 fully saturated rings. The van der Waals surface area contributed by atoms with Crippen LogP contribution in [0, 0.1) is 5.92 Å². The second-order valence-corrected chi connectivity index (χ2v) is 6.01. The molecule has 6 heteroatoms. The second-order valence-electron chi connectivity index (χ2n) is 6.01. The Balaban J connectivity index is 1.68. The first kappa shape index (κ1) is 17.2. The van der Waals surface area contributed by atoms with E-state index in [1.807, 2.05) is 23.1 Å². The average molecular weight is 317 g/mol. The molecule has 2 N–H and O–H groups in total. The number of carbonyl (C=O) groups is 1. The van der Waals surface area contributed by atoms with Crippen LogP contribution >= 0.6 is 0 Å². The van der Waals surface area contributed by atoms with E-state index in [0.717, 1.165) is 25.2 Å². The van der Waals surface area contributed by atoms with Crippen LogP contribution in [0.2, 0.25) is 0 Å². The van der Waals surface area contributed by atoms with E-state index in [2.05, 4.69) is 27.5 Å². The van der Waals surface area contributed by atoms with Gasteiger partial charge in [0.1, 0.15) is 0 Å². The van der Waals surface area contributed by atoms with E-state index >= 15 is 0 Å². The van der Waals surface area contributed by atoms with Gasteiger partial charge in [-0.05, 0) is 30.9 Å². The molecule has 2 rings (SSSR count). The first-order valence-corrected chi connectivity index (χ1v) is 8.31. The number of hydrogen-bond acceptors (Lipinski definition) is 3. The highest BCUT2D eigenvalue weighted by molar-refractivity contribution is 5.81. The minimum absolute atomic E-state index is 0.226. The highest BCUT2D eigenvalue weighted by atomic mass is 16.2. The van der Waals surface area contributed by atoms with Crippen LogP contribution in [0.4, 0.5) is 0 Å². The first-order valence-electron chi connectivity index (χ1n) is 8.31. The van der Waals surface area contributed by atoms with Gasteiger partial charge < -0.3 is 15.5 Å². The maximum Gasteiger partial charge on any atom is 0.224 e. The molecular formula is C17H27N5O. The Kier molecular flexibility index (Phi) is 6.84. The van der Waals surface area contributed by atoms with Crippen molar-refractivity contribution in [3.63, 3.8) is 0 Å². The molecule has 1 unspecified atom stereocenters. The van der Waals surface area contributed by atoms with Gasteiger partial charge >= 0.3 is 0 Å². The molecule has 2 heterocycles. The van der Waals surface area contributed by atoms with Gasteiger partial charge in [-0.2, -0.15) is 0 Å². The summed E-state index contributed by atoms with van der Waals surface area (Å²) in [5.41, 5.74) is 0.953. The Labute approximate surface area is 138 Å². The highest BCUT2D eigenvalue weighted by Crippen LogP contribution is 2.15. The Hall–Kier alpha value is -2.11. The molecule has 0 aromatic carbocycles. The van der Waals surface area contributed by atoms with Crippen molar-refractivity contribution in [3.05, 3.63) is 30.1 Å². The molecule has 0 radical (unpaired) electrons. The van der Waals surface area contributed by atoms with Crippen molar-refractivity contribution in [2.24, 2.45) is 10.9 Å². The summed E-state index contributed by atoms with van der Waals surface area (Å²) in [4.78, 5) is 22.6. The normalized spacial score (nSPS) is 18.6. The van der Waals surface area contributed by atoms with Crippen LogP contribution in [0.3, 0.4) is 0 Å². The lowest BCUT2D eigenvalue weighted by atomic mass is 10.00. The minimum Gasteiger partial charge on any atom is -0.356 e. The maximum atomic E-state index is 12.2. The number of amides is 1. The van der Waals surface area contributed by atoms with E-state index in [9.17, 15) is 4.79 Å². The summed E-state index contributed by atoms with van der Waals surface area (Å²) in [6.45, 7) is 5.20.